The molecule has 2 aromatic rings. The molecule has 0 unspecified atom stereocenters. The molecule has 2 heterocycles. The Hall–Kier alpha value is -2.45. The maximum Gasteiger partial charge on any atom is 0.330 e. The molecule has 1 aromatic carbocycles. The lowest BCUT2D eigenvalue weighted by Gasteiger charge is -2.25. The van der Waals surface area contributed by atoms with Crippen molar-refractivity contribution in [2.45, 2.75) is 18.3 Å². The van der Waals surface area contributed by atoms with Gasteiger partial charge in [0.2, 0.25) is 5.91 Å². The monoisotopic (exact) mass is 408 g/mol. The molecule has 2 atom stereocenters. The number of rotatable bonds is 5. The van der Waals surface area contributed by atoms with E-state index in [4.69, 9.17) is 20.8 Å². The summed E-state index contributed by atoms with van der Waals surface area (Å²) in [5, 5.41) is 2.56. The highest BCUT2D eigenvalue weighted by Crippen LogP contribution is 2.41. The number of hydrogen-bond acceptors (Lipinski definition) is 6. The van der Waals surface area contributed by atoms with Crippen molar-refractivity contribution in [2.75, 3.05) is 17.7 Å². The highest BCUT2D eigenvalue weighted by atomic mass is 35.5. The third-order valence-corrected chi connectivity index (χ3v) is 5.53. The van der Waals surface area contributed by atoms with Crippen LogP contribution in [0.1, 0.15) is 18.1 Å². The SMILES string of the molecule is CC(=O)N1[C@@H](C(=O)OCC(=O)Nc2ccccc2Cl)CS[C@@H]1c1ccco1. The molecule has 0 aliphatic carbocycles. The third-order valence-electron chi connectivity index (χ3n) is 3.92. The molecular weight excluding hydrogens is 392 g/mol. The Balaban J connectivity index is 1.59. The van der Waals surface area contributed by atoms with E-state index in [1.165, 1.54) is 29.8 Å². The van der Waals surface area contributed by atoms with Crippen LogP contribution in [0.3, 0.4) is 0 Å². The van der Waals surface area contributed by atoms with E-state index >= 15 is 0 Å². The van der Waals surface area contributed by atoms with Crippen LogP contribution in [-0.4, -0.2) is 41.1 Å². The van der Waals surface area contributed by atoms with E-state index in [9.17, 15) is 14.4 Å². The quantitative estimate of drug-likeness (QED) is 0.765. The average Bonchev–Trinajstić information content (AvgIpc) is 3.30. The van der Waals surface area contributed by atoms with Crippen LogP contribution < -0.4 is 5.32 Å². The normalized spacial score (nSPS) is 19.0. The molecule has 0 bridgehead atoms. The Morgan fingerprint density at radius 3 is 2.74 bits per heavy atom. The van der Waals surface area contributed by atoms with Crippen LogP contribution in [0.15, 0.2) is 47.1 Å². The van der Waals surface area contributed by atoms with E-state index in [0.29, 0.717) is 22.2 Å². The maximum atomic E-state index is 12.4. The zero-order chi connectivity index (χ0) is 19.4. The standard InChI is InChI=1S/C18H17ClN2O5S/c1-11(22)21-14(10-27-17(21)15-7-4-8-25-15)18(24)26-9-16(23)20-13-6-3-2-5-12(13)19/h2-8,14,17H,9-10H2,1H3,(H,20,23)/t14-,17-/m1/s1. The zero-order valence-corrected chi connectivity index (χ0v) is 16.0. The van der Waals surface area contributed by atoms with Gasteiger partial charge in [-0.2, -0.15) is 0 Å². The second kappa shape index (κ2) is 8.49. The minimum absolute atomic E-state index is 0.274. The van der Waals surface area contributed by atoms with Crippen LogP contribution in [0.4, 0.5) is 5.69 Å². The van der Waals surface area contributed by atoms with E-state index in [1.54, 1.807) is 36.4 Å². The van der Waals surface area contributed by atoms with Gasteiger partial charge in [0.1, 0.15) is 17.2 Å². The fourth-order valence-corrected chi connectivity index (χ4v) is 4.30. The fraction of sp³-hybridized carbons (Fsp3) is 0.278. The van der Waals surface area contributed by atoms with Gasteiger partial charge in [0.05, 0.1) is 17.0 Å². The first kappa shape index (κ1) is 19.3. The van der Waals surface area contributed by atoms with Crippen LogP contribution in [0.5, 0.6) is 0 Å². The molecule has 0 saturated carbocycles. The average molecular weight is 409 g/mol. The molecule has 27 heavy (non-hydrogen) atoms. The van der Waals surface area contributed by atoms with Crippen molar-refractivity contribution in [1.29, 1.82) is 0 Å². The predicted molar refractivity (Wildman–Crippen MR) is 101 cm³/mol. The second-order valence-corrected chi connectivity index (χ2v) is 7.30. The molecule has 1 fully saturated rings. The highest BCUT2D eigenvalue weighted by Gasteiger charge is 2.43. The third kappa shape index (κ3) is 4.45. The molecular formula is C18H17ClN2O5S. The molecule has 142 valence electrons. The Bertz CT molecular complexity index is 842. The molecule has 1 N–H and O–H groups in total. The lowest BCUT2D eigenvalue weighted by molar-refractivity contribution is -0.155. The number of carbonyl (C=O) groups is 3. The number of furan rings is 1. The van der Waals surface area contributed by atoms with Gasteiger partial charge in [0.15, 0.2) is 6.61 Å². The second-order valence-electron chi connectivity index (χ2n) is 5.78. The minimum Gasteiger partial charge on any atom is -0.466 e. The number of para-hydroxylation sites is 1. The molecule has 0 radical (unpaired) electrons. The van der Waals surface area contributed by atoms with Crippen molar-refractivity contribution >= 4 is 46.8 Å². The first-order valence-electron chi connectivity index (χ1n) is 8.12. The van der Waals surface area contributed by atoms with Crippen LogP contribution in [0, 0.1) is 0 Å². The number of thioether (sulfide) groups is 1. The van der Waals surface area contributed by atoms with Crippen molar-refractivity contribution < 1.29 is 23.5 Å². The Morgan fingerprint density at radius 2 is 2.07 bits per heavy atom. The number of ether oxygens (including phenoxy) is 1. The lowest BCUT2D eigenvalue weighted by atomic mass is 10.2. The maximum absolute atomic E-state index is 12.4. The van der Waals surface area contributed by atoms with E-state index in [-0.39, 0.29) is 5.91 Å². The Labute approximate surface area is 165 Å². The van der Waals surface area contributed by atoms with Crippen molar-refractivity contribution in [3.8, 4) is 0 Å². The van der Waals surface area contributed by atoms with Gasteiger partial charge in [-0.25, -0.2) is 4.79 Å². The molecule has 1 aliphatic heterocycles. The molecule has 2 amide bonds. The van der Waals surface area contributed by atoms with E-state index < -0.39 is 29.9 Å². The molecule has 1 saturated heterocycles. The molecule has 7 nitrogen and oxygen atoms in total. The molecule has 0 spiro atoms. The number of anilines is 1. The van der Waals surface area contributed by atoms with Gasteiger partial charge in [0, 0.05) is 12.7 Å². The van der Waals surface area contributed by atoms with Crippen LogP contribution >= 0.6 is 23.4 Å². The van der Waals surface area contributed by atoms with Crippen LogP contribution in [0.2, 0.25) is 5.02 Å². The number of amides is 2. The van der Waals surface area contributed by atoms with Crippen molar-refractivity contribution in [3.63, 3.8) is 0 Å². The van der Waals surface area contributed by atoms with Crippen molar-refractivity contribution in [2.24, 2.45) is 0 Å². The lowest BCUT2D eigenvalue weighted by Crippen LogP contribution is -2.43. The van der Waals surface area contributed by atoms with Gasteiger partial charge in [-0.1, -0.05) is 23.7 Å². The van der Waals surface area contributed by atoms with Gasteiger partial charge in [-0.3, -0.25) is 9.59 Å². The van der Waals surface area contributed by atoms with E-state index in [0.717, 1.165) is 0 Å². The van der Waals surface area contributed by atoms with Crippen LogP contribution in [0.25, 0.3) is 0 Å². The molecule has 1 aliphatic rings. The summed E-state index contributed by atoms with van der Waals surface area (Å²) in [5.74, 6) is -0.485. The summed E-state index contributed by atoms with van der Waals surface area (Å²) in [6, 6.07) is 9.43. The summed E-state index contributed by atoms with van der Waals surface area (Å²) in [5.41, 5.74) is 0.430. The zero-order valence-electron chi connectivity index (χ0n) is 14.4. The number of nitrogens with one attached hydrogen (secondary N) is 1. The van der Waals surface area contributed by atoms with Gasteiger partial charge in [0.25, 0.3) is 5.91 Å². The number of nitrogens with zero attached hydrogens (tertiary/aromatic N) is 1. The Kier molecular flexibility index (Phi) is 6.08. The number of hydrogen-bond donors (Lipinski definition) is 1. The van der Waals surface area contributed by atoms with Gasteiger partial charge >= 0.3 is 5.97 Å². The first-order chi connectivity index (χ1) is 13.0. The van der Waals surface area contributed by atoms with Crippen LogP contribution in [-0.2, 0) is 19.1 Å². The van der Waals surface area contributed by atoms with Gasteiger partial charge in [-0.05, 0) is 24.3 Å². The van der Waals surface area contributed by atoms with Crippen molar-refractivity contribution in [1.82, 2.24) is 4.90 Å². The number of benzene rings is 1. The van der Waals surface area contributed by atoms with Gasteiger partial charge < -0.3 is 19.4 Å². The predicted octanol–water partition coefficient (Wildman–Crippen LogP) is 3.08. The summed E-state index contributed by atoms with van der Waals surface area (Å²) in [6.45, 7) is 0.911. The summed E-state index contributed by atoms with van der Waals surface area (Å²) in [7, 11) is 0. The minimum atomic E-state index is -0.782. The van der Waals surface area contributed by atoms with Crippen molar-refractivity contribution in [3.05, 3.63) is 53.4 Å². The first-order valence-corrected chi connectivity index (χ1v) is 9.55. The molecule has 3 rings (SSSR count). The highest BCUT2D eigenvalue weighted by molar-refractivity contribution is 7.99. The smallest absolute Gasteiger partial charge is 0.330 e. The topological polar surface area (TPSA) is 88.8 Å². The number of halogens is 1. The fourth-order valence-electron chi connectivity index (χ4n) is 2.71. The number of esters is 1. The molecule has 1 aromatic heterocycles. The van der Waals surface area contributed by atoms with E-state index in [1.807, 2.05) is 0 Å². The largest absolute Gasteiger partial charge is 0.466 e. The summed E-state index contributed by atoms with van der Waals surface area (Å²) >= 11 is 7.38. The summed E-state index contributed by atoms with van der Waals surface area (Å²) in [6.07, 6.45) is 1.51. The van der Waals surface area contributed by atoms with Gasteiger partial charge in [-0.15, -0.1) is 11.8 Å². The van der Waals surface area contributed by atoms with E-state index in [2.05, 4.69) is 5.32 Å². The summed E-state index contributed by atoms with van der Waals surface area (Å²) < 4.78 is 10.5. The summed E-state index contributed by atoms with van der Waals surface area (Å²) in [4.78, 5) is 37.9. The number of carbonyl (C=O) groups excluding carboxylic acids is 3. The molecule has 9 heteroatoms. The Morgan fingerprint density at radius 1 is 1.30 bits per heavy atom.